The van der Waals surface area contributed by atoms with Crippen LogP contribution in [-0.2, 0) is 17.6 Å². The number of morpholine rings is 1. The summed E-state index contributed by atoms with van der Waals surface area (Å²) in [6, 6.07) is 9.77. The fraction of sp³-hybridized carbons (Fsp3) is 0.586. The van der Waals surface area contributed by atoms with Crippen LogP contribution in [0, 0.1) is 11.8 Å². The molecule has 3 aliphatic heterocycles. The van der Waals surface area contributed by atoms with Crippen LogP contribution in [0.5, 0.6) is 0 Å². The molecule has 1 aliphatic carbocycles. The van der Waals surface area contributed by atoms with Gasteiger partial charge in [0.2, 0.25) is 0 Å². The Bertz CT molecular complexity index is 1050. The average molecular weight is 478 g/mol. The number of hydrogen-bond donors (Lipinski definition) is 1. The van der Waals surface area contributed by atoms with Gasteiger partial charge in [-0.1, -0.05) is 44.9 Å². The lowest BCUT2D eigenvalue weighted by Gasteiger charge is -2.42. The van der Waals surface area contributed by atoms with E-state index in [4.69, 9.17) is 4.74 Å². The molecule has 1 saturated carbocycles. The minimum absolute atomic E-state index is 0.827. The van der Waals surface area contributed by atoms with Gasteiger partial charge in [0.1, 0.15) is 0 Å². The first-order valence-corrected chi connectivity index (χ1v) is 14.4. The molecule has 2 saturated heterocycles. The molecule has 2 aromatic rings. The molecule has 2 aromatic carbocycles. The Hall–Kier alpha value is -1.85. The first-order valence-electron chi connectivity index (χ1n) is 13.6. The van der Waals surface area contributed by atoms with E-state index < -0.39 is 0 Å². The molecule has 6 rings (SSSR count). The third-order valence-corrected chi connectivity index (χ3v) is 9.69. The number of benzene rings is 2. The Morgan fingerprint density at radius 3 is 2.06 bits per heavy atom. The van der Waals surface area contributed by atoms with Crippen LogP contribution < -0.4 is 15.1 Å². The van der Waals surface area contributed by atoms with Gasteiger partial charge in [-0.25, -0.2) is 0 Å². The van der Waals surface area contributed by atoms with Crippen molar-refractivity contribution >= 4 is 34.5 Å². The van der Waals surface area contributed by atoms with Gasteiger partial charge in [0, 0.05) is 47.3 Å². The molecule has 0 amide bonds. The van der Waals surface area contributed by atoms with Crippen LogP contribution in [0.2, 0.25) is 0 Å². The van der Waals surface area contributed by atoms with Gasteiger partial charge in [0.25, 0.3) is 0 Å². The first-order chi connectivity index (χ1) is 16.7. The van der Waals surface area contributed by atoms with E-state index in [1.807, 2.05) is 11.8 Å². The molecular formula is C29H39N3OS. The van der Waals surface area contributed by atoms with Gasteiger partial charge in [0.05, 0.1) is 24.6 Å². The van der Waals surface area contributed by atoms with Gasteiger partial charge in [-0.3, -0.25) is 0 Å². The Morgan fingerprint density at radius 2 is 1.41 bits per heavy atom. The van der Waals surface area contributed by atoms with Crippen LogP contribution >= 0.6 is 11.8 Å². The quantitative estimate of drug-likeness (QED) is 0.442. The second-order valence-corrected chi connectivity index (χ2v) is 11.6. The molecule has 4 nitrogen and oxygen atoms in total. The summed E-state index contributed by atoms with van der Waals surface area (Å²) in [5, 5.41) is 3.90. The van der Waals surface area contributed by atoms with E-state index in [2.05, 4.69) is 53.2 Å². The first kappa shape index (κ1) is 22.6. The van der Waals surface area contributed by atoms with Crippen molar-refractivity contribution in [3.8, 4) is 0 Å². The van der Waals surface area contributed by atoms with Gasteiger partial charge in [-0.05, 0) is 72.9 Å². The van der Waals surface area contributed by atoms with E-state index in [1.165, 1.54) is 88.9 Å². The van der Waals surface area contributed by atoms with E-state index >= 15 is 0 Å². The lowest BCUT2D eigenvalue weighted by Crippen LogP contribution is -2.41. The largest absolute Gasteiger partial charge is 0.378 e. The van der Waals surface area contributed by atoms with Crippen molar-refractivity contribution in [2.75, 3.05) is 54.5 Å². The number of rotatable bonds is 4. The Morgan fingerprint density at radius 1 is 0.794 bits per heavy atom. The van der Waals surface area contributed by atoms with Crippen molar-refractivity contribution in [2.24, 2.45) is 11.8 Å². The molecule has 34 heavy (non-hydrogen) atoms. The zero-order chi connectivity index (χ0) is 23.1. The summed E-state index contributed by atoms with van der Waals surface area (Å²) in [6.07, 6.45) is 9.26. The second-order valence-electron chi connectivity index (χ2n) is 10.5. The molecule has 0 radical (unpaired) electrons. The third-order valence-electron chi connectivity index (χ3n) is 8.60. The molecule has 0 aromatic heterocycles. The van der Waals surface area contributed by atoms with E-state index in [0.29, 0.717) is 0 Å². The fourth-order valence-electron chi connectivity index (χ4n) is 6.58. The Balaban J connectivity index is 1.32. The Labute approximate surface area is 209 Å². The maximum atomic E-state index is 5.60. The van der Waals surface area contributed by atoms with Crippen LogP contribution in [0.25, 0.3) is 0 Å². The van der Waals surface area contributed by atoms with Crippen molar-refractivity contribution < 1.29 is 4.74 Å². The summed E-state index contributed by atoms with van der Waals surface area (Å²) < 4.78 is 5.60. The lowest BCUT2D eigenvalue weighted by atomic mass is 9.75. The summed E-state index contributed by atoms with van der Waals surface area (Å²) in [5.74, 6) is 1.88. The van der Waals surface area contributed by atoms with Gasteiger partial charge in [-0.15, -0.1) is 0 Å². The predicted molar refractivity (Wildman–Crippen MR) is 144 cm³/mol. The number of nitrogens with one attached hydrogen (secondary N) is 1. The Kier molecular flexibility index (Phi) is 6.42. The molecule has 2 atom stereocenters. The fourth-order valence-corrected chi connectivity index (χ4v) is 7.75. The average Bonchev–Trinajstić information content (AvgIpc) is 2.90. The van der Waals surface area contributed by atoms with E-state index in [0.717, 1.165) is 51.0 Å². The summed E-state index contributed by atoms with van der Waals surface area (Å²) in [5.41, 5.74) is 8.33. The molecule has 3 fully saturated rings. The van der Waals surface area contributed by atoms with Gasteiger partial charge in [-0.2, -0.15) is 0 Å². The molecular weight excluding hydrogens is 438 g/mol. The molecule has 0 spiro atoms. The number of fused-ring (bicyclic) bond motifs is 3. The highest BCUT2D eigenvalue weighted by Crippen LogP contribution is 2.50. The highest BCUT2D eigenvalue weighted by Gasteiger charge is 2.32. The SMILES string of the molecule is CCc1cc(N2CCOCC2)cc2c1Nc1c(CC)cc(N3CCC4CCCCC4C3)cc1S2. The van der Waals surface area contributed by atoms with Gasteiger partial charge < -0.3 is 19.9 Å². The summed E-state index contributed by atoms with van der Waals surface area (Å²) >= 11 is 1.97. The van der Waals surface area contributed by atoms with Crippen LogP contribution in [0.1, 0.15) is 57.1 Å². The van der Waals surface area contributed by atoms with Crippen molar-refractivity contribution in [3.05, 3.63) is 35.4 Å². The summed E-state index contributed by atoms with van der Waals surface area (Å²) in [4.78, 5) is 7.96. The van der Waals surface area contributed by atoms with Crippen molar-refractivity contribution in [1.82, 2.24) is 0 Å². The molecule has 2 unspecified atom stereocenters. The molecule has 182 valence electrons. The number of hydrogen-bond acceptors (Lipinski definition) is 5. The van der Waals surface area contributed by atoms with Crippen molar-refractivity contribution in [1.29, 1.82) is 0 Å². The lowest BCUT2D eigenvalue weighted by molar-refractivity contribution is 0.122. The number of aryl methyl sites for hydroxylation is 2. The standard InChI is InChI=1S/C29H39N3OS/c1-3-20-15-24(31-11-13-33-14-12-31)17-26-28(20)30-29-21(4-2)16-25(18-27(29)34-26)32-10-9-22-7-5-6-8-23(22)19-32/h15-18,22-23,30H,3-14,19H2,1-2H3. The van der Waals surface area contributed by atoms with E-state index in [1.54, 1.807) is 0 Å². The number of piperidine rings is 1. The summed E-state index contributed by atoms with van der Waals surface area (Å²) in [6.45, 7) is 10.7. The molecule has 5 heteroatoms. The molecule has 1 N–H and O–H groups in total. The summed E-state index contributed by atoms with van der Waals surface area (Å²) in [7, 11) is 0. The molecule has 0 bridgehead atoms. The van der Waals surface area contributed by atoms with Gasteiger partial charge >= 0.3 is 0 Å². The van der Waals surface area contributed by atoms with E-state index in [-0.39, 0.29) is 0 Å². The number of nitrogens with zero attached hydrogens (tertiary/aromatic N) is 2. The zero-order valence-electron chi connectivity index (χ0n) is 20.9. The van der Waals surface area contributed by atoms with Crippen molar-refractivity contribution in [3.63, 3.8) is 0 Å². The van der Waals surface area contributed by atoms with Crippen LogP contribution in [0.3, 0.4) is 0 Å². The van der Waals surface area contributed by atoms with Crippen LogP contribution in [0.15, 0.2) is 34.1 Å². The van der Waals surface area contributed by atoms with Crippen LogP contribution in [0.4, 0.5) is 22.7 Å². The minimum Gasteiger partial charge on any atom is -0.378 e. The molecule has 3 heterocycles. The maximum absolute atomic E-state index is 5.60. The smallest absolute Gasteiger partial charge is 0.0642 e. The van der Waals surface area contributed by atoms with Crippen molar-refractivity contribution in [2.45, 2.75) is 68.6 Å². The second kappa shape index (κ2) is 9.66. The minimum atomic E-state index is 0.827. The topological polar surface area (TPSA) is 27.7 Å². The normalized spacial score (nSPS) is 24.2. The number of anilines is 4. The highest BCUT2D eigenvalue weighted by molar-refractivity contribution is 7.99. The molecule has 4 aliphatic rings. The highest BCUT2D eigenvalue weighted by atomic mass is 32.2. The maximum Gasteiger partial charge on any atom is 0.0642 e. The zero-order valence-corrected chi connectivity index (χ0v) is 21.7. The van der Waals surface area contributed by atoms with Gasteiger partial charge in [0.15, 0.2) is 0 Å². The van der Waals surface area contributed by atoms with E-state index in [9.17, 15) is 0 Å². The third kappa shape index (κ3) is 4.19. The van der Waals surface area contributed by atoms with Crippen LogP contribution in [-0.4, -0.2) is 39.4 Å². The monoisotopic (exact) mass is 477 g/mol. The predicted octanol–water partition coefficient (Wildman–Crippen LogP) is 6.87. The number of ether oxygens (including phenoxy) is 1.